The molecule has 4 rings (SSSR count). The Kier molecular flexibility index (Phi) is 5.41. The second-order valence-electron chi connectivity index (χ2n) is 7.04. The predicted molar refractivity (Wildman–Crippen MR) is 124 cm³/mol. The summed E-state index contributed by atoms with van der Waals surface area (Å²) in [6.45, 7) is 1.80. The van der Waals surface area contributed by atoms with E-state index in [0.717, 1.165) is 39.2 Å². The van der Waals surface area contributed by atoms with Gasteiger partial charge in [-0.1, -0.05) is 30.3 Å². The number of nitrogens with two attached hydrogens (primary N) is 1. The molecule has 0 aliphatic rings. The quantitative estimate of drug-likeness (QED) is 0.473. The van der Waals surface area contributed by atoms with Gasteiger partial charge in [-0.05, 0) is 48.4 Å². The van der Waals surface area contributed by atoms with Crippen LogP contribution in [0.15, 0.2) is 67.0 Å². The standard InChI is InChI=1S/C24H23N5O2/c1-4-6-19(30)28-17-11-9-15(10-12-17)22-20(16-7-5-8-18(13-16)31-3)21-23(25)26-14-27-24(21)29(22)2/h4-14H,1-3H3,(H,28,30)(H2,25,26,27)/b6-4+. The second kappa shape index (κ2) is 8.31. The van der Waals surface area contributed by atoms with Crippen molar-refractivity contribution in [2.45, 2.75) is 6.92 Å². The highest BCUT2D eigenvalue weighted by Crippen LogP contribution is 2.42. The minimum atomic E-state index is -0.167. The molecule has 0 saturated heterocycles. The number of ether oxygens (including phenoxy) is 1. The number of methoxy groups -OCH3 is 1. The highest BCUT2D eigenvalue weighted by molar-refractivity contribution is 6.08. The van der Waals surface area contributed by atoms with Gasteiger partial charge in [-0.2, -0.15) is 0 Å². The first-order valence-corrected chi connectivity index (χ1v) is 9.81. The molecule has 2 aromatic carbocycles. The third-order valence-corrected chi connectivity index (χ3v) is 5.10. The molecule has 156 valence electrons. The van der Waals surface area contributed by atoms with Gasteiger partial charge in [-0.25, -0.2) is 9.97 Å². The summed E-state index contributed by atoms with van der Waals surface area (Å²) in [4.78, 5) is 20.5. The molecule has 0 fully saturated rings. The largest absolute Gasteiger partial charge is 0.497 e. The Balaban J connectivity index is 1.91. The molecule has 3 N–H and O–H groups in total. The molecule has 0 saturated carbocycles. The number of allylic oxidation sites excluding steroid dienone is 1. The van der Waals surface area contributed by atoms with E-state index in [1.807, 2.05) is 60.1 Å². The molecule has 0 spiro atoms. The van der Waals surface area contributed by atoms with Gasteiger partial charge in [0.25, 0.3) is 0 Å². The molecule has 2 aromatic heterocycles. The number of benzene rings is 2. The summed E-state index contributed by atoms with van der Waals surface area (Å²) in [6.07, 6.45) is 4.65. The minimum Gasteiger partial charge on any atom is -0.497 e. The lowest BCUT2D eigenvalue weighted by Gasteiger charge is -2.11. The first-order chi connectivity index (χ1) is 15.0. The first-order valence-electron chi connectivity index (χ1n) is 9.81. The highest BCUT2D eigenvalue weighted by Gasteiger charge is 2.22. The molecular weight excluding hydrogens is 390 g/mol. The van der Waals surface area contributed by atoms with E-state index in [-0.39, 0.29) is 5.91 Å². The number of hydrogen-bond acceptors (Lipinski definition) is 5. The van der Waals surface area contributed by atoms with Crippen molar-refractivity contribution < 1.29 is 9.53 Å². The molecule has 0 radical (unpaired) electrons. The molecule has 4 aromatic rings. The number of anilines is 2. The number of amides is 1. The molecule has 0 bridgehead atoms. The fourth-order valence-electron chi connectivity index (χ4n) is 3.72. The topological polar surface area (TPSA) is 95.1 Å². The molecule has 7 nitrogen and oxygen atoms in total. The summed E-state index contributed by atoms with van der Waals surface area (Å²) < 4.78 is 7.44. The van der Waals surface area contributed by atoms with Crippen LogP contribution in [0, 0.1) is 0 Å². The number of aryl methyl sites for hydroxylation is 1. The molecular formula is C24H23N5O2. The summed E-state index contributed by atoms with van der Waals surface area (Å²) in [5.74, 6) is 0.998. The van der Waals surface area contributed by atoms with Crippen LogP contribution < -0.4 is 15.8 Å². The van der Waals surface area contributed by atoms with Crippen LogP contribution in [0.4, 0.5) is 11.5 Å². The molecule has 7 heteroatoms. The summed E-state index contributed by atoms with van der Waals surface area (Å²) in [6, 6.07) is 15.5. The third-order valence-electron chi connectivity index (χ3n) is 5.10. The van der Waals surface area contributed by atoms with E-state index in [1.165, 1.54) is 12.4 Å². The van der Waals surface area contributed by atoms with Gasteiger partial charge in [0.15, 0.2) is 0 Å². The van der Waals surface area contributed by atoms with Crippen LogP contribution in [0.2, 0.25) is 0 Å². The maximum atomic E-state index is 11.8. The van der Waals surface area contributed by atoms with Crippen molar-refractivity contribution in [2.75, 3.05) is 18.2 Å². The van der Waals surface area contributed by atoms with Crippen molar-refractivity contribution in [2.24, 2.45) is 7.05 Å². The number of nitrogens with zero attached hydrogens (tertiary/aromatic N) is 3. The molecule has 0 aliphatic heterocycles. The fourth-order valence-corrected chi connectivity index (χ4v) is 3.72. The number of fused-ring (bicyclic) bond motifs is 1. The lowest BCUT2D eigenvalue weighted by molar-refractivity contribution is -0.111. The number of nitrogen functional groups attached to an aromatic ring is 1. The highest BCUT2D eigenvalue weighted by atomic mass is 16.5. The Morgan fingerprint density at radius 2 is 1.90 bits per heavy atom. The maximum Gasteiger partial charge on any atom is 0.248 e. The number of hydrogen-bond donors (Lipinski definition) is 2. The Bertz CT molecular complexity index is 1290. The summed E-state index contributed by atoms with van der Waals surface area (Å²) in [5.41, 5.74) is 11.5. The molecule has 31 heavy (non-hydrogen) atoms. The molecule has 0 unspecified atom stereocenters. The van der Waals surface area contributed by atoms with E-state index < -0.39 is 0 Å². The Labute approximate surface area is 180 Å². The first kappa shape index (κ1) is 20.2. The van der Waals surface area contributed by atoms with E-state index in [9.17, 15) is 4.79 Å². The van der Waals surface area contributed by atoms with Crippen LogP contribution in [0.25, 0.3) is 33.4 Å². The van der Waals surface area contributed by atoms with Gasteiger partial charge in [-0.15, -0.1) is 0 Å². The van der Waals surface area contributed by atoms with Crippen LogP contribution >= 0.6 is 0 Å². The van der Waals surface area contributed by atoms with E-state index in [2.05, 4.69) is 15.3 Å². The normalized spacial score (nSPS) is 11.2. The monoisotopic (exact) mass is 413 g/mol. The van der Waals surface area contributed by atoms with Gasteiger partial charge in [0, 0.05) is 18.3 Å². The molecule has 0 aliphatic carbocycles. The average Bonchev–Trinajstić information content (AvgIpc) is 3.08. The van der Waals surface area contributed by atoms with Crippen LogP contribution in [-0.4, -0.2) is 27.6 Å². The number of nitrogens with one attached hydrogen (secondary N) is 1. The zero-order chi connectivity index (χ0) is 22.0. The number of rotatable bonds is 5. The van der Waals surface area contributed by atoms with E-state index >= 15 is 0 Å². The van der Waals surface area contributed by atoms with Gasteiger partial charge in [0.1, 0.15) is 23.5 Å². The second-order valence-corrected chi connectivity index (χ2v) is 7.04. The lowest BCUT2D eigenvalue weighted by Crippen LogP contribution is -2.07. The van der Waals surface area contributed by atoms with Crippen molar-refractivity contribution in [3.05, 3.63) is 67.0 Å². The SMILES string of the molecule is C/C=C/C(=O)Nc1ccc(-c2c(-c3cccc(OC)c3)c3c(N)ncnc3n2C)cc1. The van der Waals surface area contributed by atoms with Gasteiger partial charge in [0.2, 0.25) is 5.91 Å². The lowest BCUT2D eigenvalue weighted by atomic mass is 9.98. The van der Waals surface area contributed by atoms with Gasteiger partial charge >= 0.3 is 0 Å². The zero-order valence-corrected chi connectivity index (χ0v) is 17.6. The summed E-state index contributed by atoms with van der Waals surface area (Å²) in [7, 11) is 3.59. The predicted octanol–water partition coefficient (Wildman–Crippen LogP) is 4.41. The maximum absolute atomic E-state index is 11.8. The van der Waals surface area contributed by atoms with Crippen molar-refractivity contribution >= 4 is 28.4 Å². The van der Waals surface area contributed by atoms with Crippen molar-refractivity contribution in [1.82, 2.24) is 14.5 Å². The van der Waals surface area contributed by atoms with Gasteiger partial charge in [0.05, 0.1) is 18.2 Å². The van der Waals surface area contributed by atoms with E-state index in [0.29, 0.717) is 11.5 Å². The van der Waals surface area contributed by atoms with E-state index in [1.54, 1.807) is 20.1 Å². The summed E-state index contributed by atoms with van der Waals surface area (Å²) >= 11 is 0. The van der Waals surface area contributed by atoms with E-state index in [4.69, 9.17) is 10.5 Å². The fraction of sp³-hybridized carbons (Fsp3) is 0.125. The van der Waals surface area contributed by atoms with Gasteiger partial charge in [-0.3, -0.25) is 4.79 Å². The number of carbonyl (C=O) groups is 1. The van der Waals surface area contributed by atoms with Crippen molar-refractivity contribution in [3.63, 3.8) is 0 Å². The zero-order valence-electron chi connectivity index (χ0n) is 17.6. The van der Waals surface area contributed by atoms with Crippen LogP contribution in [0.1, 0.15) is 6.92 Å². The van der Waals surface area contributed by atoms with Crippen LogP contribution in [0.3, 0.4) is 0 Å². The molecule has 2 heterocycles. The number of aromatic nitrogens is 3. The Hall–Kier alpha value is -4.13. The number of carbonyl (C=O) groups excluding carboxylic acids is 1. The van der Waals surface area contributed by atoms with Crippen LogP contribution in [0.5, 0.6) is 5.75 Å². The minimum absolute atomic E-state index is 0.167. The van der Waals surface area contributed by atoms with Gasteiger partial charge < -0.3 is 20.4 Å². The van der Waals surface area contributed by atoms with Crippen LogP contribution in [-0.2, 0) is 11.8 Å². The average molecular weight is 413 g/mol. The molecule has 1 amide bonds. The third kappa shape index (κ3) is 3.73. The Morgan fingerprint density at radius 3 is 2.61 bits per heavy atom. The molecule has 0 atom stereocenters. The van der Waals surface area contributed by atoms with Crippen molar-refractivity contribution in [3.8, 4) is 28.1 Å². The smallest absolute Gasteiger partial charge is 0.248 e. The van der Waals surface area contributed by atoms with Crippen molar-refractivity contribution in [1.29, 1.82) is 0 Å². The Morgan fingerprint density at radius 1 is 1.13 bits per heavy atom. The summed E-state index contributed by atoms with van der Waals surface area (Å²) in [5, 5.41) is 3.63.